The standard InChI is InChI=1S/C23H27N3O/c1-2-3-4-17-27-23-15-13-22(14-16-23)26(20-9-5-18(24)6-10-20)21-11-7-19(25)8-12-21/h5-16H,2-4,17,24-25H2,1H3. The van der Waals surface area contributed by atoms with Gasteiger partial charge < -0.3 is 21.1 Å². The molecule has 4 N–H and O–H groups in total. The Morgan fingerprint density at radius 1 is 0.667 bits per heavy atom. The van der Waals surface area contributed by atoms with Gasteiger partial charge in [-0.3, -0.25) is 0 Å². The molecule has 0 aliphatic carbocycles. The van der Waals surface area contributed by atoms with Gasteiger partial charge in [0.05, 0.1) is 6.61 Å². The Hall–Kier alpha value is -3.14. The van der Waals surface area contributed by atoms with E-state index in [9.17, 15) is 0 Å². The zero-order valence-electron chi connectivity index (χ0n) is 15.8. The van der Waals surface area contributed by atoms with Gasteiger partial charge in [0, 0.05) is 28.4 Å². The van der Waals surface area contributed by atoms with Crippen molar-refractivity contribution in [3.63, 3.8) is 0 Å². The highest BCUT2D eigenvalue weighted by Gasteiger charge is 2.12. The van der Waals surface area contributed by atoms with Crippen LogP contribution < -0.4 is 21.1 Å². The number of benzene rings is 3. The Balaban J connectivity index is 1.86. The van der Waals surface area contributed by atoms with Crippen LogP contribution in [0.4, 0.5) is 28.4 Å². The summed E-state index contributed by atoms with van der Waals surface area (Å²) in [5, 5.41) is 0. The predicted molar refractivity (Wildman–Crippen MR) is 115 cm³/mol. The number of hydrogen-bond donors (Lipinski definition) is 2. The Morgan fingerprint density at radius 3 is 1.56 bits per heavy atom. The highest BCUT2D eigenvalue weighted by molar-refractivity contribution is 5.78. The summed E-state index contributed by atoms with van der Waals surface area (Å²) in [7, 11) is 0. The van der Waals surface area contributed by atoms with E-state index >= 15 is 0 Å². The first-order valence-corrected chi connectivity index (χ1v) is 9.41. The van der Waals surface area contributed by atoms with E-state index in [1.54, 1.807) is 0 Å². The molecule has 4 heteroatoms. The Bertz CT molecular complexity index is 782. The third-order valence-electron chi connectivity index (χ3n) is 4.41. The van der Waals surface area contributed by atoms with Gasteiger partial charge in [-0.25, -0.2) is 0 Å². The minimum absolute atomic E-state index is 0.742. The van der Waals surface area contributed by atoms with Crippen LogP contribution in [0, 0.1) is 0 Å². The summed E-state index contributed by atoms with van der Waals surface area (Å²) in [6.07, 6.45) is 3.47. The van der Waals surface area contributed by atoms with Crippen molar-refractivity contribution in [1.82, 2.24) is 0 Å². The zero-order valence-corrected chi connectivity index (χ0v) is 15.8. The summed E-state index contributed by atoms with van der Waals surface area (Å²) in [6.45, 7) is 2.95. The molecule has 0 atom stereocenters. The molecule has 0 aliphatic heterocycles. The minimum atomic E-state index is 0.742. The summed E-state index contributed by atoms with van der Waals surface area (Å²) in [4.78, 5) is 2.17. The monoisotopic (exact) mass is 361 g/mol. The van der Waals surface area contributed by atoms with Crippen molar-refractivity contribution in [1.29, 1.82) is 0 Å². The maximum atomic E-state index is 5.86. The highest BCUT2D eigenvalue weighted by Crippen LogP contribution is 2.35. The van der Waals surface area contributed by atoms with Crippen LogP contribution in [0.5, 0.6) is 5.75 Å². The maximum Gasteiger partial charge on any atom is 0.119 e. The van der Waals surface area contributed by atoms with Crippen molar-refractivity contribution in [2.24, 2.45) is 0 Å². The van der Waals surface area contributed by atoms with Crippen molar-refractivity contribution in [3.05, 3.63) is 72.8 Å². The molecule has 0 amide bonds. The molecule has 0 heterocycles. The average Bonchev–Trinajstić information content (AvgIpc) is 2.69. The third kappa shape index (κ3) is 4.94. The fraction of sp³-hybridized carbons (Fsp3) is 0.217. The quantitative estimate of drug-likeness (QED) is 0.388. The molecular weight excluding hydrogens is 334 g/mol. The molecule has 0 saturated heterocycles. The van der Waals surface area contributed by atoms with Crippen LogP contribution in [0.15, 0.2) is 72.8 Å². The number of ether oxygens (including phenoxy) is 1. The first kappa shape index (κ1) is 18.6. The molecule has 4 nitrogen and oxygen atoms in total. The van der Waals surface area contributed by atoms with Crippen LogP contribution in [0.1, 0.15) is 26.2 Å². The van der Waals surface area contributed by atoms with Gasteiger partial charge in [0.1, 0.15) is 5.75 Å². The fourth-order valence-electron chi connectivity index (χ4n) is 2.93. The van der Waals surface area contributed by atoms with E-state index in [2.05, 4.69) is 24.0 Å². The van der Waals surface area contributed by atoms with Crippen molar-refractivity contribution in [2.75, 3.05) is 23.0 Å². The molecule has 0 radical (unpaired) electrons. The van der Waals surface area contributed by atoms with Crippen molar-refractivity contribution < 1.29 is 4.74 Å². The second kappa shape index (κ2) is 8.99. The van der Waals surface area contributed by atoms with Crippen molar-refractivity contribution in [3.8, 4) is 5.75 Å². The van der Waals surface area contributed by atoms with E-state index in [1.807, 2.05) is 60.7 Å². The smallest absolute Gasteiger partial charge is 0.119 e. The SMILES string of the molecule is CCCCCOc1ccc(N(c2ccc(N)cc2)c2ccc(N)cc2)cc1. The number of anilines is 5. The summed E-state index contributed by atoms with van der Waals surface area (Å²) in [6, 6.07) is 23.9. The molecule has 0 spiro atoms. The number of unbranched alkanes of at least 4 members (excludes halogenated alkanes) is 2. The van der Waals surface area contributed by atoms with Crippen LogP contribution in [0.2, 0.25) is 0 Å². The van der Waals surface area contributed by atoms with Gasteiger partial charge in [-0.15, -0.1) is 0 Å². The lowest BCUT2D eigenvalue weighted by atomic mass is 10.1. The number of nitrogens with zero attached hydrogens (tertiary/aromatic N) is 1. The van der Waals surface area contributed by atoms with E-state index in [0.717, 1.165) is 47.2 Å². The summed E-state index contributed by atoms with van der Waals surface area (Å²) in [5.41, 5.74) is 16.3. The summed E-state index contributed by atoms with van der Waals surface area (Å²) >= 11 is 0. The van der Waals surface area contributed by atoms with Crippen LogP contribution in [0.3, 0.4) is 0 Å². The van der Waals surface area contributed by atoms with Crippen LogP contribution in [0.25, 0.3) is 0 Å². The molecule has 0 fully saturated rings. The lowest BCUT2D eigenvalue weighted by molar-refractivity contribution is 0.306. The second-order valence-electron chi connectivity index (χ2n) is 6.57. The largest absolute Gasteiger partial charge is 0.494 e. The first-order chi connectivity index (χ1) is 13.2. The number of rotatable bonds is 8. The van der Waals surface area contributed by atoms with Crippen LogP contribution in [-0.2, 0) is 0 Å². The van der Waals surface area contributed by atoms with Crippen molar-refractivity contribution in [2.45, 2.75) is 26.2 Å². The van der Waals surface area contributed by atoms with Crippen LogP contribution in [-0.4, -0.2) is 6.61 Å². The average molecular weight is 361 g/mol. The Kier molecular flexibility index (Phi) is 6.21. The lowest BCUT2D eigenvalue weighted by Crippen LogP contribution is -2.10. The minimum Gasteiger partial charge on any atom is -0.494 e. The molecule has 140 valence electrons. The molecule has 27 heavy (non-hydrogen) atoms. The topological polar surface area (TPSA) is 64.5 Å². The molecule has 0 unspecified atom stereocenters. The third-order valence-corrected chi connectivity index (χ3v) is 4.41. The van der Waals surface area contributed by atoms with Gasteiger partial charge in [-0.05, 0) is 79.2 Å². The van der Waals surface area contributed by atoms with Gasteiger partial charge in [0.15, 0.2) is 0 Å². The van der Waals surface area contributed by atoms with Gasteiger partial charge in [-0.2, -0.15) is 0 Å². The lowest BCUT2D eigenvalue weighted by Gasteiger charge is -2.25. The molecule has 0 aromatic heterocycles. The van der Waals surface area contributed by atoms with E-state index in [4.69, 9.17) is 16.2 Å². The Labute approximate surface area is 161 Å². The second-order valence-corrected chi connectivity index (χ2v) is 6.57. The predicted octanol–water partition coefficient (Wildman–Crippen LogP) is 5.89. The van der Waals surface area contributed by atoms with E-state index < -0.39 is 0 Å². The van der Waals surface area contributed by atoms with E-state index in [0.29, 0.717) is 0 Å². The maximum absolute atomic E-state index is 5.86. The van der Waals surface area contributed by atoms with E-state index in [-0.39, 0.29) is 0 Å². The molecule has 0 saturated carbocycles. The number of nitrogens with two attached hydrogens (primary N) is 2. The van der Waals surface area contributed by atoms with E-state index in [1.165, 1.54) is 12.8 Å². The zero-order chi connectivity index (χ0) is 19.1. The summed E-state index contributed by atoms with van der Waals surface area (Å²) in [5.74, 6) is 0.893. The number of hydrogen-bond acceptors (Lipinski definition) is 4. The van der Waals surface area contributed by atoms with Gasteiger partial charge >= 0.3 is 0 Å². The van der Waals surface area contributed by atoms with Gasteiger partial charge in [0.25, 0.3) is 0 Å². The molecule has 3 aromatic carbocycles. The van der Waals surface area contributed by atoms with Gasteiger partial charge in [-0.1, -0.05) is 19.8 Å². The normalized spacial score (nSPS) is 10.6. The molecule has 3 rings (SSSR count). The highest BCUT2D eigenvalue weighted by atomic mass is 16.5. The van der Waals surface area contributed by atoms with Gasteiger partial charge in [0.2, 0.25) is 0 Å². The fourth-order valence-corrected chi connectivity index (χ4v) is 2.93. The Morgan fingerprint density at radius 2 is 1.11 bits per heavy atom. The van der Waals surface area contributed by atoms with Crippen molar-refractivity contribution >= 4 is 28.4 Å². The summed E-state index contributed by atoms with van der Waals surface area (Å²) < 4.78 is 5.83. The van der Waals surface area contributed by atoms with Crippen LogP contribution >= 0.6 is 0 Å². The number of nitrogen functional groups attached to an aromatic ring is 2. The molecule has 3 aromatic rings. The first-order valence-electron chi connectivity index (χ1n) is 9.41. The molecular formula is C23H27N3O. The molecule has 0 aliphatic rings. The molecule has 0 bridgehead atoms.